The first-order valence-electron chi connectivity index (χ1n) is 10.3. The van der Waals surface area contributed by atoms with Crippen LogP contribution in [0.25, 0.3) is 10.8 Å². The van der Waals surface area contributed by atoms with E-state index in [0.29, 0.717) is 12.6 Å². The summed E-state index contributed by atoms with van der Waals surface area (Å²) in [6.07, 6.45) is 6.56. The van der Waals surface area contributed by atoms with Gasteiger partial charge in [0.15, 0.2) is 0 Å². The molecule has 0 radical (unpaired) electrons. The lowest BCUT2D eigenvalue weighted by atomic mass is 10.1. The molecule has 0 bridgehead atoms. The number of hydrogen-bond acceptors (Lipinski definition) is 3. The van der Waals surface area contributed by atoms with Gasteiger partial charge < -0.3 is 10.2 Å². The van der Waals surface area contributed by atoms with Crippen molar-refractivity contribution in [1.82, 2.24) is 9.78 Å². The summed E-state index contributed by atoms with van der Waals surface area (Å²) in [5.74, 6) is 0.248. The maximum Gasteiger partial charge on any atom is 0.230 e. The molecule has 1 unspecified atom stereocenters. The normalized spacial score (nSPS) is 19.9. The largest absolute Gasteiger partial charge is 0.311 e. The number of carbonyl (C=O) groups excluding carboxylic acids is 2. The molecule has 1 aliphatic carbocycles. The van der Waals surface area contributed by atoms with Gasteiger partial charge in [0.25, 0.3) is 0 Å². The van der Waals surface area contributed by atoms with E-state index in [-0.39, 0.29) is 24.2 Å². The van der Waals surface area contributed by atoms with Crippen molar-refractivity contribution in [2.45, 2.75) is 38.1 Å². The predicted octanol–water partition coefficient (Wildman–Crippen LogP) is 4.14. The van der Waals surface area contributed by atoms with Crippen LogP contribution >= 0.6 is 0 Å². The molecule has 1 atom stereocenters. The van der Waals surface area contributed by atoms with Gasteiger partial charge in [0.1, 0.15) is 5.82 Å². The van der Waals surface area contributed by atoms with Crippen LogP contribution < -0.4 is 10.2 Å². The Morgan fingerprint density at radius 3 is 2.69 bits per heavy atom. The van der Waals surface area contributed by atoms with Crippen LogP contribution in [0, 0.1) is 5.92 Å². The molecule has 1 saturated heterocycles. The summed E-state index contributed by atoms with van der Waals surface area (Å²) in [6, 6.07) is 16.2. The number of anilines is 2. The van der Waals surface area contributed by atoms with E-state index >= 15 is 0 Å². The van der Waals surface area contributed by atoms with Crippen molar-refractivity contribution < 1.29 is 9.59 Å². The summed E-state index contributed by atoms with van der Waals surface area (Å²) in [7, 11) is 0. The molecule has 1 saturated carbocycles. The number of carbonyl (C=O) groups is 2. The van der Waals surface area contributed by atoms with Crippen molar-refractivity contribution in [1.29, 1.82) is 0 Å². The summed E-state index contributed by atoms with van der Waals surface area (Å²) in [6.45, 7) is 0.399. The number of nitrogens with one attached hydrogen (secondary N) is 1. The Balaban J connectivity index is 1.34. The molecule has 29 heavy (non-hydrogen) atoms. The molecular weight excluding hydrogens is 364 g/mol. The quantitative estimate of drug-likeness (QED) is 0.730. The molecule has 0 spiro atoms. The van der Waals surface area contributed by atoms with Crippen LogP contribution in [0.3, 0.4) is 0 Å². The van der Waals surface area contributed by atoms with Crippen molar-refractivity contribution in [3.8, 4) is 0 Å². The SMILES string of the molecule is O=C(Nc1ccnn1C1CCCC1)C1CC(=O)N(c2cccc3ccccc23)C1. The first-order valence-corrected chi connectivity index (χ1v) is 10.3. The highest BCUT2D eigenvalue weighted by atomic mass is 16.2. The van der Waals surface area contributed by atoms with Crippen LogP contribution in [0.4, 0.5) is 11.5 Å². The van der Waals surface area contributed by atoms with Gasteiger partial charge in [-0.25, -0.2) is 4.68 Å². The molecule has 3 aromatic rings. The number of hydrogen-bond donors (Lipinski definition) is 1. The average molecular weight is 388 g/mol. The minimum atomic E-state index is -0.367. The van der Waals surface area contributed by atoms with Gasteiger partial charge in [-0.05, 0) is 24.3 Å². The minimum Gasteiger partial charge on any atom is -0.311 e. The molecule has 1 N–H and O–H groups in total. The molecular formula is C23H24N4O2. The smallest absolute Gasteiger partial charge is 0.230 e. The molecule has 2 amide bonds. The van der Waals surface area contributed by atoms with Crippen LogP contribution in [-0.4, -0.2) is 28.1 Å². The van der Waals surface area contributed by atoms with Crippen molar-refractivity contribution >= 4 is 34.1 Å². The van der Waals surface area contributed by atoms with E-state index in [4.69, 9.17) is 0 Å². The molecule has 6 nitrogen and oxygen atoms in total. The monoisotopic (exact) mass is 388 g/mol. The molecule has 2 heterocycles. The lowest BCUT2D eigenvalue weighted by Crippen LogP contribution is -2.29. The average Bonchev–Trinajstić information content (AvgIpc) is 3.48. The highest BCUT2D eigenvalue weighted by molar-refractivity contribution is 6.08. The number of rotatable bonds is 4. The zero-order valence-electron chi connectivity index (χ0n) is 16.3. The zero-order chi connectivity index (χ0) is 19.8. The van der Waals surface area contributed by atoms with Gasteiger partial charge in [-0.1, -0.05) is 49.2 Å². The lowest BCUT2D eigenvalue weighted by molar-refractivity contribution is -0.122. The highest BCUT2D eigenvalue weighted by Gasteiger charge is 2.36. The molecule has 5 rings (SSSR count). The predicted molar refractivity (Wildman–Crippen MR) is 113 cm³/mol. The summed E-state index contributed by atoms with van der Waals surface area (Å²) in [5, 5.41) is 9.56. The van der Waals surface area contributed by atoms with E-state index in [9.17, 15) is 9.59 Å². The highest BCUT2D eigenvalue weighted by Crippen LogP contribution is 2.33. The van der Waals surface area contributed by atoms with E-state index in [0.717, 1.165) is 35.1 Å². The third kappa shape index (κ3) is 3.28. The van der Waals surface area contributed by atoms with Crippen LogP contribution in [0.5, 0.6) is 0 Å². The maximum atomic E-state index is 12.9. The second kappa shape index (κ2) is 7.35. The van der Waals surface area contributed by atoms with Crippen molar-refractivity contribution in [2.24, 2.45) is 5.92 Å². The molecule has 1 aromatic heterocycles. The molecule has 2 aliphatic rings. The Hall–Kier alpha value is -3.15. The molecule has 1 aliphatic heterocycles. The van der Waals surface area contributed by atoms with Gasteiger partial charge in [-0.2, -0.15) is 5.10 Å². The van der Waals surface area contributed by atoms with Crippen LogP contribution in [0.1, 0.15) is 38.1 Å². The third-order valence-corrected chi connectivity index (χ3v) is 6.15. The second-order valence-electron chi connectivity index (χ2n) is 7.99. The van der Waals surface area contributed by atoms with Crippen molar-refractivity contribution in [2.75, 3.05) is 16.8 Å². The van der Waals surface area contributed by atoms with Gasteiger partial charge >= 0.3 is 0 Å². The summed E-state index contributed by atoms with van der Waals surface area (Å²) >= 11 is 0. The Bertz CT molecular complexity index is 1060. The Labute approximate surface area is 169 Å². The first kappa shape index (κ1) is 17.9. The van der Waals surface area contributed by atoms with Gasteiger partial charge in [-0.15, -0.1) is 0 Å². The number of amides is 2. The fourth-order valence-electron chi connectivity index (χ4n) is 4.64. The number of aromatic nitrogens is 2. The first-order chi connectivity index (χ1) is 14.2. The van der Waals surface area contributed by atoms with Crippen molar-refractivity contribution in [3.05, 3.63) is 54.7 Å². The van der Waals surface area contributed by atoms with Gasteiger partial charge in [0.05, 0.1) is 23.8 Å². The van der Waals surface area contributed by atoms with Gasteiger partial charge in [0.2, 0.25) is 11.8 Å². The second-order valence-corrected chi connectivity index (χ2v) is 7.99. The van der Waals surface area contributed by atoms with Crippen LogP contribution in [0.2, 0.25) is 0 Å². The standard InChI is InChI=1S/C23H24N4O2/c28-22-14-17(15-26(22)20-11-5-7-16-6-1-4-10-19(16)20)23(29)25-21-12-13-24-27(21)18-8-2-3-9-18/h1,4-7,10-13,17-18H,2-3,8-9,14-15H2,(H,25,29). The van der Waals surface area contributed by atoms with E-state index in [1.807, 2.05) is 53.2 Å². The summed E-state index contributed by atoms with van der Waals surface area (Å²) in [5.41, 5.74) is 0.874. The maximum absolute atomic E-state index is 12.9. The van der Waals surface area contributed by atoms with E-state index < -0.39 is 0 Å². The van der Waals surface area contributed by atoms with Gasteiger partial charge in [-0.3, -0.25) is 9.59 Å². The van der Waals surface area contributed by atoms with Crippen LogP contribution in [0.15, 0.2) is 54.7 Å². The minimum absolute atomic E-state index is 0.00852. The Morgan fingerprint density at radius 2 is 1.83 bits per heavy atom. The topological polar surface area (TPSA) is 67.2 Å². The van der Waals surface area contributed by atoms with E-state index in [1.165, 1.54) is 12.8 Å². The lowest BCUT2D eigenvalue weighted by Gasteiger charge is -2.19. The number of nitrogens with zero attached hydrogens (tertiary/aromatic N) is 3. The molecule has 148 valence electrons. The Morgan fingerprint density at radius 1 is 1.03 bits per heavy atom. The summed E-state index contributed by atoms with van der Waals surface area (Å²) in [4.78, 5) is 27.4. The van der Waals surface area contributed by atoms with Crippen molar-refractivity contribution in [3.63, 3.8) is 0 Å². The van der Waals surface area contributed by atoms with Crippen LogP contribution in [-0.2, 0) is 9.59 Å². The molecule has 2 aromatic carbocycles. The third-order valence-electron chi connectivity index (χ3n) is 6.15. The Kier molecular flexibility index (Phi) is 4.54. The zero-order valence-corrected chi connectivity index (χ0v) is 16.3. The van der Waals surface area contributed by atoms with E-state index in [2.05, 4.69) is 10.4 Å². The number of fused-ring (bicyclic) bond motifs is 1. The molecule has 6 heteroatoms. The fraction of sp³-hybridized carbons (Fsp3) is 0.348. The number of benzene rings is 2. The summed E-state index contributed by atoms with van der Waals surface area (Å²) < 4.78 is 1.93. The fourth-order valence-corrected chi connectivity index (χ4v) is 4.64. The van der Waals surface area contributed by atoms with E-state index in [1.54, 1.807) is 11.1 Å². The molecule has 2 fully saturated rings. The van der Waals surface area contributed by atoms with Gasteiger partial charge in [0, 0.05) is 24.4 Å².